The van der Waals surface area contributed by atoms with Gasteiger partial charge in [0.2, 0.25) is 0 Å². The molecule has 0 aliphatic carbocycles. The average Bonchev–Trinajstić information content (AvgIpc) is 3.37. The van der Waals surface area contributed by atoms with Crippen molar-refractivity contribution >= 4 is 32.9 Å². The number of benzene rings is 6. The Balaban J connectivity index is 1.49. The number of thiophene rings is 1. The highest BCUT2D eigenvalue weighted by Crippen LogP contribution is 2.48. The van der Waals surface area contributed by atoms with Crippen LogP contribution in [0.15, 0.2) is 146 Å². The zero-order valence-electron chi connectivity index (χ0n) is 20.3. The molecule has 7 rings (SSSR count). The van der Waals surface area contributed by atoms with Gasteiger partial charge < -0.3 is 0 Å². The van der Waals surface area contributed by atoms with Crippen LogP contribution in [0, 0.1) is 0 Å². The first-order valence-corrected chi connectivity index (χ1v) is 13.4. The van der Waals surface area contributed by atoms with E-state index in [0.717, 1.165) is 0 Å². The molecule has 37 heavy (non-hydrogen) atoms. The molecular weight excluding hydrogens is 464 g/mol. The highest BCUT2D eigenvalue weighted by Gasteiger charge is 2.19. The molecule has 7 aromatic rings. The first-order valence-electron chi connectivity index (χ1n) is 12.6. The van der Waals surface area contributed by atoms with Crippen LogP contribution in [0.4, 0.5) is 0 Å². The molecule has 1 aromatic heterocycles. The van der Waals surface area contributed by atoms with Crippen molar-refractivity contribution in [1.29, 1.82) is 0 Å². The van der Waals surface area contributed by atoms with Gasteiger partial charge in [-0.15, -0.1) is 11.3 Å². The lowest BCUT2D eigenvalue weighted by Gasteiger charge is -2.13. The predicted molar refractivity (Wildman–Crippen MR) is 161 cm³/mol. The minimum Gasteiger partial charge on any atom is -0.134 e. The number of fused-ring (bicyclic) bond motifs is 2. The van der Waals surface area contributed by atoms with E-state index < -0.39 is 0 Å². The van der Waals surface area contributed by atoms with Crippen molar-refractivity contribution in [3.63, 3.8) is 0 Å². The van der Waals surface area contributed by atoms with E-state index in [1.165, 1.54) is 64.7 Å². The second kappa shape index (κ2) is 9.20. The summed E-state index contributed by atoms with van der Waals surface area (Å²) in [6.45, 7) is 0. The van der Waals surface area contributed by atoms with Crippen molar-refractivity contribution < 1.29 is 0 Å². The largest absolute Gasteiger partial charge is 0.134 e. The summed E-state index contributed by atoms with van der Waals surface area (Å²) in [5, 5.41) is 5.16. The Morgan fingerprint density at radius 2 is 0.919 bits per heavy atom. The molecule has 1 heterocycles. The summed E-state index contributed by atoms with van der Waals surface area (Å²) in [4.78, 5) is 2.64. The van der Waals surface area contributed by atoms with Crippen LogP contribution in [0.2, 0.25) is 0 Å². The van der Waals surface area contributed by atoms with E-state index in [0.29, 0.717) is 0 Å². The van der Waals surface area contributed by atoms with Crippen molar-refractivity contribution in [2.24, 2.45) is 0 Å². The number of hydrogen-bond acceptors (Lipinski definition) is 1. The molecule has 0 aliphatic rings. The van der Waals surface area contributed by atoms with Crippen molar-refractivity contribution in [2.45, 2.75) is 0 Å². The maximum Gasteiger partial charge on any atom is 0.0434 e. The highest BCUT2D eigenvalue weighted by atomic mass is 32.1. The standard InChI is InChI=1S/C36H24S/c1-3-12-25(13-4-1)28-17-11-18-29(24-28)35-31-20-9-10-21-32(31)36(37-35)33-23-22-26-14-7-8-19-30(26)34(33)27-15-5-2-6-16-27/h1-24H. The van der Waals surface area contributed by atoms with E-state index in [9.17, 15) is 0 Å². The summed E-state index contributed by atoms with van der Waals surface area (Å²) in [7, 11) is 0. The summed E-state index contributed by atoms with van der Waals surface area (Å²) in [6, 6.07) is 52.5. The van der Waals surface area contributed by atoms with Crippen molar-refractivity contribution in [2.75, 3.05) is 0 Å². The lowest BCUT2D eigenvalue weighted by atomic mass is 9.91. The molecule has 0 saturated heterocycles. The van der Waals surface area contributed by atoms with Crippen molar-refractivity contribution in [3.8, 4) is 43.1 Å². The van der Waals surface area contributed by atoms with E-state index in [-0.39, 0.29) is 0 Å². The predicted octanol–water partition coefficient (Wildman–Crippen LogP) is 10.7. The average molecular weight is 489 g/mol. The summed E-state index contributed by atoms with van der Waals surface area (Å²) in [5.41, 5.74) is 7.58. The lowest BCUT2D eigenvalue weighted by Crippen LogP contribution is -1.86. The molecule has 174 valence electrons. The second-order valence-electron chi connectivity index (χ2n) is 9.33. The van der Waals surface area contributed by atoms with Crippen LogP contribution in [0.3, 0.4) is 0 Å². The van der Waals surface area contributed by atoms with Gasteiger partial charge in [-0.25, -0.2) is 0 Å². The molecule has 0 unspecified atom stereocenters. The molecule has 0 saturated carbocycles. The lowest BCUT2D eigenvalue weighted by molar-refractivity contribution is 1.62. The Morgan fingerprint density at radius 3 is 1.68 bits per heavy atom. The first kappa shape index (κ1) is 21.8. The smallest absolute Gasteiger partial charge is 0.0434 e. The van der Waals surface area contributed by atoms with Crippen LogP contribution in [0.5, 0.6) is 0 Å². The van der Waals surface area contributed by atoms with Crippen LogP contribution < -0.4 is 0 Å². The number of rotatable bonds is 4. The fourth-order valence-electron chi connectivity index (χ4n) is 5.35. The Hall–Kier alpha value is -4.46. The van der Waals surface area contributed by atoms with Gasteiger partial charge in [-0.3, -0.25) is 0 Å². The molecule has 0 spiro atoms. The second-order valence-corrected chi connectivity index (χ2v) is 10.3. The van der Waals surface area contributed by atoms with Gasteiger partial charge >= 0.3 is 0 Å². The van der Waals surface area contributed by atoms with Crippen LogP contribution in [0.25, 0.3) is 64.7 Å². The van der Waals surface area contributed by atoms with Gasteiger partial charge in [0, 0.05) is 26.1 Å². The molecule has 0 radical (unpaired) electrons. The molecular formula is C36H24S. The number of hydrogen-bond donors (Lipinski definition) is 0. The van der Waals surface area contributed by atoms with Crippen LogP contribution in [-0.4, -0.2) is 0 Å². The SMILES string of the molecule is c1ccc(-c2cccc(-c3sc(-c4ccc5ccccc5c4-c4ccccc4)c4ccccc34)c2)cc1. The summed E-state index contributed by atoms with van der Waals surface area (Å²) >= 11 is 1.90. The van der Waals surface area contributed by atoms with E-state index in [1.54, 1.807) is 0 Å². The van der Waals surface area contributed by atoms with Gasteiger partial charge in [0.25, 0.3) is 0 Å². The topological polar surface area (TPSA) is 0 Å². The molecule has 0 amide bonds. The van der Waals surface area contributed by atoms with Gasteiger partial charge in [-0.05, 0) is 44.7 Å². The van der Waals surface area contributed by atoms with E-state index in [1.807, 2.05) is 11.3 Å². The van der Waals surface area contributed by atoms with Gasteiger partial charge in [0.15, 0.2) is 0 Å². The molecule has 0 atom stereocenters. The van der Waals surface area contributed by atoms with Gasteiger partial charge in [0.1, 0.15) is 0 Å². The third-order valence-corrected chi connectivity index (χ3v) is 8.39. The van der Waals surface area contributed by atoms with Crippen LogP contribution in [-0.2, 0) is 0 Å². The molecule has 0 N–H and O–H groups in total. The monoisotopic (exact) mass is 488 g/mol. The van der Waals surface area contributed by atoms with Crippen LogP contribution in [0.1, 0.15) is 0 Å². The molecule has 1 heteroatoms. The molecule has 0 bridgehead atoms. The van der Waals surface area contributed by atoms with Gasteiger partial charge in [0.05, 0.1) is 0 Å². The van der Waals surface area contributed by atoms with E-state index >= 15 is 0 Å². The summed E-state index contributed by atoms with van der Waals surface area (Å²) in [5.74, 6) is 0. The first-order chi connectivity index (χ1) is 18.4. The highest BCUT2D eigenvalue weighted by molar-refractivity contribution is 7.21. The fourth-order valence-corrected chi connectivity index (χ4v) is 6.66. The minimum atomic E-state index is 1.24. The Labute approximate surface area is 221 Å². The van der Waals surface area contributed by atoms with Gasteiger partial charge in [-0.2, -0.15) is 0 Å². The molecule has 0 aliphatic heterocycles. The third-order valence-electron chi connectivity index (χ3n) is 7.09. The zero-order valence-corrected chi connectivity index (χ0v) is 21.1. The van der Waals surface area contributed by atoms with E-state index in [4.69, 9.17) is 0 Å². The summed E-state index contributed by atoms with van der Waals surface area (Å²) in [6.07, 6.45) is 0. The maximum atomic E-state index is 2.33. The Morgan fingerprint density at radius 1 is 0.351 bits per heavy atom. The normalized spacial score (nSPS) is 11.2. The van der Waals surface area contributed by atoms with Crippen molar-refractivity contribution in [1.82, 2.24) is 0 Å². The maximum absolute atomic E-state index is 2.33. The quantitative estimate of drug-likeness (QED) is 0.231. The Bertz CT molecular complexity index is 1860. The molecule has 6 aromatic carbocycles. The fraction of sp³-hybridized carbons (Fsp3) is 0. The molecule has 0 nitrogen and oxygen atoms in total. The van der Waals surface area contributed by atoms with Crippen LogP contribution >= 0.6 is 11.3 Å². The van der Waals surface area contributed by atoms with Crippen molar-refractivity contribution in [3.05, 3.63) is 146 Å². The van der Waals surface area contributed by atoms with E-state index in [2.05, 4.69) is 146 Å². The zero-order chi connectivity index (χ0) is 24.6. The Kier molecular flexibility index (Phi) is 5.42. The summed E-state index contributed by atoms with van der Waals surface area (Å²) < 4.78 is 0. The third kappa shape index (κ3) is 3.85. The molecule has 0 fully saturated rings. The minimum absolute atomic E-state index is 1.24. The van der Waals surface area contributed by atoms with Gasteiger partial charge in [-0.1, -0.05) is 140 Å².